The van der Waals surface area contributed by atoms with Gasteiger partial charge in [-0.2, -0.15) is 18.4 Å². The first kappa shape index (κ1) is 26.1. The maximum atomic E-state index is 13.9. The molecule has 8 nitrogen and oxygen atoms in total. The smallest absolute Gasteiger partial charge is 0.341 e. The molecule has 1 aliphatic carbocycles. The second kappa shape index (κ2) is 9.82. The third-order valence-corrected chi connectivity index (χ3v) is 7.21. The minimum Gasteiger partial charge on any atom is -0.341 e. The maximum Gasteiger partial charge on any atom is 0.416 e. The summed E-state index contributed by atoms with van der Waals surface area (Å²) in [6, 6.07) is 7.10. The van der Waals surface area contributed by atoms with Crippen molar-refractivity contribution in [3.63, 3.8) is 0 Å². The molecule has 0 spiro atoms. The molecule has 0 bridgehead atoms. The van der Waals surface area contributed by atoms with E-state index in [2.05, 4.69) is 5.32 Å². The van der Waals surface area contributed by atoms with Gasteiger partial charge in [0.15, 0.2) is 5.78 Å². The van der Waals surface area contributed by atoms with Gasteiger partial charge in [0.25, 0.3) is 0 Å². The fourth-order valence-corrected chi connectivity index (χ4v) is 5.44. The van der Waals surface area contributed by atoms with Gasteiger partial charge in [0.1, 0.15) is 0 Å². The predicted molar refractivity (Wildman–Crippen MR) is 128 cm³/mol. The van der Waals surface area contributed by atoms with Gasteiger partial charge in [-0.25, -0.2) is 14.5 Å². The summed E-state index contributed by atoms with van der Waals surface area (Å²) in [6.07, 6.45) is -2.67. The zero-order valence-corrected chi connectivity index (χ0v) is 20.6. The average Bonchev–Trinajstić information content (AvgIpc) is 2.87. The Morgan fingerprint density at radius 2 is 1.89 bits per heavy atom. The molecule has 4 amide bonds. The molecule has 192 valence electrons. The lowest BCUT2D eigenvalue weighted by Gasteiger charge is -2.44. The Balaban J connectivity index is 2.03. The van der Waals surface area contributed by atoms with Crippen molar-refractivity contribution >= 4 is 34.3 Å². The van der Waals surface area contributed by atoms with Crippen LogP contribution in [0.2, 0.25) is 0 Å². The van der Waals surface area contributed by atoms with Crippen molar-refractivity contribution in [1.82, 2.24) is 10.2 Å². The number of alkyl halides is 3. The van der Waals surface area contributed by atoms with Gasteiger partial charge >= 0.3 is 18.2 Å². The van der Waals surface area contributed by atoms with Crippen LogP contribution in [-0.2, 0) is 21.8 Å². The number of allylic oxidation sites excluding steroid dienone is 1. The Labute approximate surface area is 212 Å². The number of hydrogen-bond donors (Lipinski definition) is 1. The van der Waals surface area contributed by atoms with E-state index in [4.69, 9.17) is 0 Å². The van der Waals surface area contributed by atoms with E-state index in [0.717, 1.165) is 28.0 Å². The number of amides is 4. The largest absolute Gasteiger partial charge is 0.416 e. The number of nitrogens with zero attached hydrogens (tertiary/aromatic N) is 3. The zero-order valence-electron chi connectivity index (χ0n) is 19.8. The Morgan fingerprint density at radius 1 is 1.16 bits per heavy atom. The van der Waals surface area contributed by atoms with Gasteiger partial charge in [0.05, 0.1) is 39.7 Å². The number of urea groups is 2. The van der Waals surface area contributed by atoms with E-state index in [1.165, 1.54) is 37.6 Å². The number of carbonyl (C=O) groups is 3. The monoisotopic (exact) mass is 530 g/mol. The predicted octanol–water partition coefficient (Wildman–Crippen LogP) is 4.64. The highest BCUT2D eigenvalue weighted by atomic mass is 32.2. The first-order valence-corrected chi connectivity index (χ1v) is 12.7. The van der Waals surface area contributed by atoms with Gasteiger partial charge in [0.2, 0.25) is 0 Å². The summed E-state index contributed by atoms with van der Waals surface area (Å²) in [6.45, 7) is 0. The highest BCUT2D eigenvalue weighted by molar-refractivity contribution is 7.84. The summed E-state index contributed by atoms with van der Waals surface area (Å²) in [4.78, 5) is 42.1. The summed E-state index contributed by atoms with van der Waals surface area (Å²) in [5.41, 5.74) is -0.494. The molecule has 2 atom stereocenters. The quantitative estimate of drug-likeness (QED) is 0.622. The van der Waals surface area contributed by atoms with Gasteiger partial charge in [-0.15, -0.1) is 0 Å². The minimum atomic E-state index is -4.68. The minimum absolute atomic E-state index is 0.0586. The number of hydrogen-bond acceptors (Lipinski definition) is 5. The van der Waals surface area contributed by atoms with Gasteiger partial charge in [-0.1, -0.05) is 12.1 Å². The molecule has 0 saturated carbocycles. The van der Waals surface area contributed by atoms with Crippen molar-refractivity contribution < 1.29 is 31.8 Å². The normalized spacial score (nSPS) is 18.9. The Morgan fingerprint density at radius 3 is 2.51 bits per heavy atom. The van der Waals surface area contributed by atoms with E-state index in [0.29, 0.717) is 6.42 Å². The van der Waals surface area contributed by atoms with Crippen molar-refractivity contribution in [2.75, 3.05) is 18.2 Å². The van der Waals surface area contributed by atoms with Crippen molar-refractivity contribution in [2.24, 2.45) is 0 Å². The van der Waals surface area contributed by atoms with Crippen molar-refractivity contribution in [2.45, 2.75) is 36.4 Å². The van der Waals surface area contributed by atoms with Gasteiger partial charge in [-0.05, 0) is 48.7 Å². The maximum absolute atomic E-state index is 13.9. The number of halogens is 3. The van der Waals surface area contributed by atoms with Crippen LogP contribution in [0.5, 0.6) is 0 Å². The Kier molecular flexibility index (Phi) is 6.92. The number of carbonyl (C=O) groups excluding carboxylic acids is 3. The fraction of sp³-hybridized carbons (Fsp3) is 0.280. The first-order chi connectivity index (χ1) is 17.5. The third kappa shape index (κ3) is 4.62. The van der Waals surface area contributed by atoms with Crippen LogP contribution in [0.1, 0.15) is 42.0 Å². The highest BCUT2D eigenvalue weighted by Gasteiger charge is 2.48. The number of imide groups is 1. The SMILES string of the molecule is CNC(=O)N1C(=O)N(c2cccc(C(F)(F)F)c2)C2=C(C(=O)CCC2)C1c1ccc(C#N)cc1S(C)=O. The van der Waals surface area contributed by atoms with Crippen LogP contribution in [0.3, 0.4) is 0 Å². The van der Waals surface area contributed by atoms with Crippen molar-refractivity contribution in [1.29, 1.82) is 5.26 Å². The molecule has 1 aliphatic heterocycles. The van der Waals surface area contributed by atoms with Gasteiger partial charge < -0.3 is 5.32 Å². The van der Waals surface area contributed by atoms with Crippen molar-refractivity contribution in [3.8, 4) is 6.07 Å². The number of Topliss-reactive ketones (excluding diaryl/α,β-unsaturated/α-hetero) is 1. The van der Waals surface area contributed by atoms with E-state index in [1.54, 1.807) is 0 Å². The summed E-state index contributed by atoms with van der Waals surface area (Å²) in [5, 5.41) is 11.7. The summed E-state index contributed by atoms with van der Waals surface area (Å²) < 4.78 is 53.0. The summed E-state index contributed by atoms with van der Waals surface area (Å²) in [7, 11) is -0.400. The molecule has 2 aromatic carbocycles. The average molecular weight is 531 g/mol. The van der Waals surface area contributed by atoms with Crippen LogP contribution in [0.25, 0.3) is 0 Å². The number of nitrogens with one attached hydrogen (secondary N) is 1. The van der Waals surface area contributed by atoms with E-state index >= 15 is 0 Å². The standard InChI is InChI=1S/C25H21F3N4O4S/c1-30-23(34)32-22(17-10-9-14(13-29)11-20(17)37(2)36)21-18(7-4-8-19(21)33)31(24(32)35)16-6-3-5-15(12-16)25(26,27)28/h3,5-6,9-12,22H,4,7-8H2,1-2H3,(H,30,34). The van der Waals surface area contributed by atoms with E-state index in [9.17, 15) is 37.0 Å². The first-order valence-electron chi connectivity index (χ1n) is 11.2. The highest BCUT2D eigenvalue weighted by Crippen LogP contribution is 2.46. The molecule has 0 radical (unpaired) electrons. The van der Waals surface area contributed by atoms with Crippen LogP contribution < -0.4 is 10.2 Å². The van der Waals surface area contributed by atoms with Gasteiger partial charge in [-0.3, -0.25) is 13.9 Å². The third-order valence-electron chi connectivity index (χ3n) is 6.24. The summed E-state index contributed by atoms with van der Waals surface area (Å²) >= 11 is 0. The molecule has 0 aromatic heterocycles. The molecule has 0 saturated heterocycles. The van der Waals surface area contributed by atoms with E-state index in [-0.39, 0.29) is 51.6 Å². The Hall–Kier alpha value is -3.98. The second-order valence-electron chi connectivity index (χ2n) is 8.45. The molecule has 0 fully saturated rings. The van der Waals surface area contributed by atoms with Crippen LogP contribution in [0, 0.1) is 11.3 Å². The van der Waals surface area contributed by atoms with Gasteiger partial charge in [0, 0.05) is 35.9 Å². The number of anilines is 1. The molecular formula is C25H21F3N4O4S. The van der Waals surface area contributed by atoms with Crippen LogP contribution in [0.4, 0.5) is 28.4 Å². The zero-order chi connectivity index (χ0) is 27.1. The molecule has 4 rings (SSSR count). The number of ketones is 1. The van der Waals surface area contributed by atoms with Crippen LogP contribution in [-0.4, -0.2) is 40.3 Å². The lowest BCUT2D eigenvalue weighted by atomic mass is 9.83. The van der Waals surface area contributed by atoms with E-state index < -0.39 is 40.6 Å². The lowest BCUT2D eigenvalue weighted by Crippen LogP contribution is -2.56. The molecule has 2 aliphatic rings. The topological polar surface area (TPSA) is 111 Å². The molecular weight excluding hydrogens is 509 g/mol. The number of benzene rings is 2. The number of nitriles is 1. The van der Waals surface area contributed by atoms with Crippen LogP contribution in [0.15, 0.2) is 58.6 Å². The molecule has 37 heavy (non-hydrogen) atoms. The second-order valence-corrected chi connectivity index (χ2v) is 9.80. The molecule has 12 heteroatoms. The summed E-state index contributed by atoms with van der Waals surface area (Å²) in [5.74, 6) is -0.387. The van der Waals surface area contributed by atoms with Crippen molar-refractivity contribution in [3.05, 3.63) is 70.4 Å². The number of rotatable bonds is 3. The molecule has 2 unspecified atom stereocenters. The molecule has 1 heterocycles. The van der Waals surface area contributed by atoms with Crippen LogP contribution >= 0.6 is 0 Å². The Bertz CT molecular complexity index is 1410. The molecule has 1 N–H and O–H groups in total. The molecule has 2 aromatic rings. The van der Waals surface area contributed by atoms with E-state index in [1.807, 2.05) is 6.07 Å². The fourth-order valence-electron chi connectivity index (χ4n) is 4.64. The lowest BCUT2D eigenvalue weighted by molar-refractivity contribution is -0.137.